The lowest BCUT2D eigenvalue weighted by atomic mass is 10.3. The molecule has 0 amide bonds. The van der Waals surface area contributed by atoms with Gasteiger partial charge in [-0.05, 0) is 6.07 Å². The van der Waals surface area contributed by atoms with Crippen molar-refractivity contribution in [3.8, 4) is 0 Å². The Hall–Kier alpha value is -1.58. The van der Waals surface area contributed by atoms with Crippen molar-refractivity contribution in [3.05, 3.63) is 18.0 Å². The fourth-order valence-electron chi connectivity index (χ4n) is 0.879. The van der Waals surface area contributed by atoms with E-state index < -0.39 is 0 Å². The maximum atomic E-state index is 6.92. The Kier molecular flexibility index (Phi) is 0.887. The summed E-state index contributed by atoms with van der Waals surface area (Å²) in [5.41, 5.74) is 1.19. The molecule has 10 heavy (non-hydrogen) atoms. The van der Waals surface area contributed by atoms with E-state index in [1.807, 2.05) is 6.07 Å². The molecule has 0 fully saturated rings. The molecule has 50 valence electrons. The van der Waals surface area contributed by atoms with E-state index in [0.29, 0.717) is 11.4 Å². The van der Waals surface area contributed by atoms with Gasteiger partial charge in [-0.1, -0.05) is 5.16 Å². The van der Waals surface area contributed by atoms with Crippen LogP contribution in [0, 0.1) is 5.41 Å². The normalized spacial score (nSPS) is 10.4. The van der Waals surface area contributed by atoms with Crippen LogP contribution in [0.25, 0.3) is 11.1 Å². The lowest BCUT2D eigenvalue weighted by molar-refractivity contribution is 0.448. The van der Waals surface area contributed by atoms with Crippen LogP contribution in [-0.4, -0.2) is 16.4 Å². The highest BCUT2D eigenvalue weighted by atomic mass is 16.5. The number of nitrogens with zero attached hydrogens (tertiary/aromatic N) is 1. The SMILES string of the molecule is N=Cc1noc2[nH]ccc12. The standard InChI is InChI=1S/C6H5N3O/c7-3-5-4-1-2-8-6(4)10-9-5/h1-3,7-8H. The number of nitrogens with one attached hydrogen (secondary N) is 2. The first kappa shape index (κ1) is 5.22. The number of rotatable bonds is 1. The van der Waals surface area contributed by atoms with E-state index in [0.717, 1.165) is 5.39 Å². The monoisotopic (exact) mass is 135 g/mol. The van der Waals surface area contributed by atoms with Gasteiger partial charge < -0.3 is 14.9 Å². The molecular formula is C6H5N3O. The van der Waals surface area contributed by atoms with Crippen molar-refractivity contribution >= 4 is 17.3 Å². The van der Waals surface area contributed by atoms with Gasteiger partial charge in [0.05, 0.1) is 5.39 Å². The summed E-state index contributed by atoms with van der Waals surface area (Å²) < 4.78 is 4.82. The van der Waals surface area contributed by atoms with Crippen LogP contribution in [0.15, 0.2) is 16.8 Å². The van der Waals surface area contributed by atoms with E-state index in [1.54, 1.807) is 6.20 Å². The highest BCUT2D eigenvalue weighted by molar-refractivity contribution is 5.93. The third kappa shape index (κ3) is 0.500. The summed E-state index contributed by atoms with van der Waals surface area (Å²) in [6.45, 7) is 0. The summed E-state index contributed by atoms with van der Waals surface area (Å²) in [4.78, 5) is 2.84. The molecule has 0 atom stereocenters. The fraction of sp³-hybridized carbons (Fsp3) is 0. The minimum absolute atomic E-state index is 0.566. The van der Waals surface area contributed by atoms with Crippen molar-refractivity contribution in [2.24, 2.45) is 0 Å². The largest absolute Gasteiger partial charge is 0.337 e. The average molecular weight is 135 g/mol. The van der Waals surface area contributed by atoms with Gasteiger partial charge in [-0.25, -0.2) is 0 Å². The molecule has 2 aromatic rings. The van der Waals surface area contributed by atoms with Gasteiger partial charge in [0.1, 0.15) is 5.69 Å². The second-order valence-electron chi connectivity index (χ2n) is 1.93. The van der Waals surface area contributed by atoms with Crippen molar-refractivity contribution in [1.82, 2.24) is 10.1 Å². The molecule has 2 heterocycles. The van der Waals surface area contributed by atoms with Crippen LogP contribution in [0.1, 0.15) is 5.69 Å². The van der Waals surface area contributed by atoms with Gasteiger partial charge in [0.25, 0.3) is 0 Å². The summed E-state index contributed by atoms with van der Waals surface area (Å²) in [6, 6.07) is 1.83. The van der Waals surface area contributed by atoms with Crippen LogP contribution in [0.5, 0.6) is 0 Å². The molecule has 0 radical (unpaired) electrons. The third-order valence-electron chi connectivity index (χ3n) is 1.36. The number of fused-ring (bicyclic) bond motifs is 1. The Morgan fingerprint density at radius 2 is 2.60 bits per heavy atom. The van der Waals surface area contributed by atoms with Gasteiger partial charge in [0.2, 0.25) is 5.71 Å². The highest BCUT2D eigenvalue weighted by Crippen LogP contribution is 2.13. The number of aromatic nitrogens is 2. The predicted molar refractivity (Wildman–Crippen MR) is 36.2 cm³/mol. The zero-order chi connectivity index (χ0) is 6.97. The lowest BCUT2D eigenvalue weighted by Crippen LogP contribution is -1.75. The Morgan fingerprint density at radius 1 is 1.70 bits per heavy atom. The summed E-state index contributed by atoms with van der Waals surface area (Å²) in [7, 11) is 0. The molecule has 0 bridgehead atoms. The van der Waals surface area contributed by atoms with Crippen LogP contribution in [-0.2, 0) is 0 Å². The second-order valence-corrected chi connectivity index (χ2v) is 1.93. The molecule has 0 spiro atoms. The summed E-state index contributed by atoms with van der Waals surface area (Å²) in [5, 5.41) is 11.4. The van der Waals surface area contributed by atoms with Crippen LogP contribution in [0.3, 0.4) is 0 Å². The van der Waals surface area contributed by atoms with Crippen molar-refractivity contribution in [1.29, 1.82) is 5.41 Å². The van der Waals surface area contributed by atoms with Gasteiger partial charge in [0, 0.05) is 12.4 Å². The maximum Gasteiger partial charge on any atom is 0.236 e. The highest BCUT2D eigenvalue weighted by Gasteiger charge is 2.04. The number of H-pyrrole nitrogens is 1. The quantitative estimate of drug-likeness (QED) is 0.576. The van der Waals surface area contributed by atoms with E-state index in [1.165, 1.54) is 6.21 Å². The summed E-state index contributed by atoms with van der Waals surface area (Å²) in [5.74, 6) is 0. The first-order chi connectivity index (χ1) is 4.92. The van der Waals surface area contributed by atoms with E-state index in [9.17, 15) is 0 Å². The molecule has 4 heteroatoms. The molecule has 0 unspecified atom stereocenters. The second kappa shape index (κ2) is 1.70. The summed E-state index contributed by atoms with van der Waals surface area (Å²) in [6.07, 6.45) is 2.92. The summed E-state index contributed by atoms with van der Waals surface area (Å²) >= 11 is 0. The van der Waals surface area contributed by atoms with Crippen molar-refractivity contribution in [2.75, 3.05) is 0 Å². The average Bonchev–Trinajstić information content (AvgIpc) is 2.44. The first-order valence-electron chi connectivity index (χ1n) is 2.85. The predicted octanol–water partition coefficient (Wildman–Crippen LogP) is 1.15. The molecule has 2 rings (SSSR count). The van der Waals surface area contributed by atoms with Gasteiger partial charge in [-0.15, -0.1) is 0 Å². The van der Waals surface area contributed by atoms with Gasteiger partial charge in [-0.3, -0.25) is 0 Å². The Balaban J connectivity index is 2.88. The minimum atomic E-state index is 0.566. The fourth-order valence-corrected chi connectivity index (χ4v) is 0.879. The first-order valence-corrected chi connectivity index (χ1v) is 2.85. The third-order valence-corrected chi connectivity index (χ3v) is 1.36. The van der Waals surface area contributed by atoms with Crippen molar-refractivity contribution in [3.63, 3.8) is 0 Å². The smallest absolute Gasteiger partial charge is 0.236 e. The zero-order valence-electron chi connectivity index (χ0n) is 5.09. The lowest BCUT2D eigenvalue weighted by Gasteiger charge is -1.72. The number of aromatic amines is 1. The molecular weight excluding hydrogens is 130 g/mol. The van der Waals surface area contributed by atoms with Crippen LogP contribution in [0.4, 0.5) is 0 Å². The molecule has 2 N–H and O–H groups in total. The molecule has 0 aliphatic rings. The van der Waals surface area contributed by atoms with E-state index >= 15 is 0 Å². The molecule has 2 aromatic heterocycles. The van der Waals surface area contributed by atoms with Gasteiger partial charge >= 0.3 is 0 Å². The molecule has 0 saturated heterocycles. The molecule has 4 nitrogen and oxygen atoms in total. The molecule has 0 aromatic carbocycles. The Bertz CT molecular complexity index is 360. The minimum Gasteiger partial charge on any atom is -0.337 e. The van der Waals surface area contributed by atoms with E-state index in [-0.39, 0.29) is 0 Å². The molecule has 0 aliphatic carbocycles. The van der Waals surface area contributed by atoms with Gasteiger partial charge in [-0.2, -0.15) is 0 Å². The van der Waals surface area contributed by atoms with Gasteiger partial charge in [0.15, 0.2) is 0 Å². The van der Waals surface area contributed by atoms with Crippen molar-refractivity contribution < 1.29 is 4.52 Å². The van der Waals surface area contributed by atoms with E-state index in [2.05, 4.69) is 10.1 Å². The zero-order valence-corrected chi connectivity index (χ0v) is 5.09. The van der Waals surface area contributed by atoms with Crippen LogP contribution >= 0.6 is 0 Å². The number of hydrogen-bond acceptors (Lipinski definition) is 3. The topological polar surface area (TPSA) is 65.7 Å². The van der Waals surface area contributed by atoms with Crippen LogP contribution < -0.4 is 0 Å². The molecule has 0 aliphatic heterocycles. The maximum absolute atomic E-state index is 6.92. The molecule has 0 saturated carbocycles. The Morgan fingerprint density at radius 3 is 3.40 bits per heavy atom. The van der Waals surface area contributed by atoms with Crippen molar-refractivity contribution in [2.45, 2.75) is 0 Å². The van der Waals surface area contributed by atoms with Crippen LogP contribution in [0.2, 0.25) is 0 Å². The Labute approximate surface area is 56.3 Å². The number of hydrogen-bond donors (Lipinski definition) is 2. The van der Waals surface area contributed by atoms with E-state index in [4.69, 9.17) is 9.93 Å².